The van der Waals surface area contributed by atoms with Gasteiger partial charge in [0.05, 0.1) is 6.10 Å². The quantitative estimate of drug-likeness (QED) is 0.580. The summed E-state index contributed by atoms with van der Waals surface area (Å²) in [6.07, 6.45) is -4.71. The first-order valence-corrected chi connectivity index (χ1v) is 5.61. The molecule has 0 unspecified atom stereocenters. The van der Waals surface area contributed by atoms with Crippen LogP contribution in [0.5, 0.6) is 0 Å². The number of benzene rings is 1. The molecule has 17 heavy (non-hydrogen) atoms. The predicted octanol–water partition coefficient (Wildman–Crippen LogP) is -0.0740. The number of para-hydroxylation sites is 1. The van der Waals surface area contributed by atoms with Crippen LogP contribution in [0.15, 0.2) is 30.3 Å². The second kappa shape index (κ2) is 5.01. The van der Waals surface area contributed by atoms with Gasteiger partial charge in [-0.2, -0.15) is 0 Å². The van der Waals surface area contributed by atoms with Gasteiger partial charge in [0.1, 0.15) is 18.3 Å². The molecule has 0 aromatic heterocycles. The van der Waals surface area contributed by atoms with Crippen molar-refractivity contribution < 1.29 is 20.1 Å². The van der Waals surface area contributed by atoms with Crippen LogP contribution in [0.4, 0.5) is 5.69 Å². The van der Waals surface area contributed by atoms with Gasteiger partial charge >= 0.3 is 0 Å². The molecule has 0 radical (unpaired) electrons. The molecule has 0 saturated carbocycles. The third-order valence-corrected chi connectivity index (χ3v) is 2.93. The number of aliphatic hydroxyl groups excluding tert-OH is 3. The summed E-state index contributed by atoms with van der Waals surface area (Å²) in [5.41, 5.74) is 0.785. The Morgan fingerprint density at radius 2 is 1.65 bits per heavy atom. The minimum Gasteiger partial charge on any atom is -0.388 e. The number of nitrogens with one attached hydrogen (secondary N) is 1. The molecular weight excluding hydrogens is 222 g/mol. The van der Waals surface area contributed by atoms with Gasteiger partial charge in [0, 0.05) is 5.69 Å². The summed E-state index contributed by atoms with van der Waals surface area (Å²) in [6.45, 7) is 1.65. The molecule has 2 rings (SSSR count). The van der Waals surface area contributed by atoms with E-state index in [9.17, 15) is 15.3 Å². The van der Waals surface area contributed by atoms with Gasteiger partial charge in [-0.15, -0.1) is 0 Å². The zero-order valence-electron chi connectivity index (χ0n) is 9.52. The molecule has 5 heteroatoms. The minimum atomic E-state index is -1.21. The monoisotopic (exact) mass is 239 g/mol. The average Bonchev–Trinajstić information content (AvgIpc) is 2.35. The summed E-state index contributed by atoms with van der Waals surface area (Å²) >= 11 is 0. The fourth-order valence-corrected chi connectivity index (χ4v) is 1.87. The second-order valence-corrected chi connectivity index (χ2v) is 4.24. The van der Waals surface area contributed by atoms with Crippen LogP contribution in [0.3, 0.4) is 0 Å². The number of aliphatic hydroxyl groups is 3. The highest BCUT2D eigenvalue weighted by Gasteiger charge is 2.41. The first kappa shape index (κ1) is 12.3. The highest BCUT2D eigenvalue weighted by Crippen LogP contribution is 2.22. The number of ether oxygens (including phenoxy) is 1. The van der Waals surface area contributed by atoms with Crippen LogP contribution in [0.25, 0.3) is 0 Å². The van der Waals surface area contributed by atoms with Crippen molar-refractivity contribution >= 4 is 5.69 Å². The van der Waals surface area contributed by atoms with Crippen molar-refractivity contribution in [2.75, 3.05) is 5.32 Å². The zero-order valence-corrected chi connectivity index (χ0v) is 9.52. The van der Waals surface area contributed by atoms with E-state index in [1.807, 2.05) is 30.3 Å². The van der Waals surface area contributed by atoms with Gasteiger partial charge in [-0.05, 0) is 19.1 Å². The maximum Gasteiger partial charge on any atom is 0.157 e. The normalized spacial score (nSPS) is 37.8. The van der Waals surface area contributed by atoms with Gasteiger partial charge in [-0.25, -0.2) is 0 Å². The minimum absolute atomic E-state index is 0.533. The van der Waals surface area contributed by atoms with Crippen LogP contribution >= 0.6 is 0 Å². The van der Waals surface area contributed by atoms with E-state index in [1.165, 1.54) is 0 Å². The van der Waals surface area contributed by atoms with Gasteiger partial charge in [-0.1, -0.05) is 18.2 Å². The first-order chi connectivity index (χ1) is 8.09. The molecule has 0 aliphatic carbocycles. The molecule has 1 heterocycles. The van der Waals surface area contributed by atoms with Gasteiger partial charge in [0.15, 0.2) is 6.23 Å². The second-order valence-electron chi connectivity index (χ2n) is 4.24. The molecule has 5 atom stereocenters. The van der Waals surface area contributed by atoms with E-state index < -0.39 is 30.6 Å². The molecule has 4 N–H and O–H groups in total. The Kier molecular flexibility index (Phi) is 3.63. The summed E-state index contributed by atoms with van der Waals surface area (Å²) in [6, 6.07) is 9.25. The van der Waals surface area contributed by atoms with Crippen LogP contribution in [0, 0.1) is 0 Å². The maximum atomic E-state index is 9.79. The summed E-state index contributed by atoms with van der Waals surface area (Å²) in [5, 5.41) is 31.9. The molecule has 0 bridgehead atoms. The smallest absolute Gasteiger partial charge is 0.157 e. The van der Waals surface area contributed by atoms with E-state index in [0.29, 0.717) is 0 Å². The maximum absolute atomic E-state index is 9.79. The molecule has 0 spiro atoms. The molecule has 1 fully saturated rings. The van der Waals surface area contributed by atoms with Gasteiger partial charge < -0.3 is 25.4 Å². The standard InChI is InChI=1S/C12H17NO4/c1-7-9(14)10(15)11(16)12(17-7)13-8-5-3-2-4-6-8/h2-7,9-16H,1H3/t7-,9+,10+,11-,12-/m0/s1. The fraction of sp³-hybridized carbons (Fsp3) is 0.500. The SMILES string of the molecule is C[C@@H]1O[C@H](Nc2ccccc2)[C@@H](O)[C@H](O)[C@@H]1O. The van der Waals surface area contributed by atoms with Crippen LogP contribution in [0.2, 0.25) is 0 Å². The van der Waals surface area contributed by atoms with Crippen LogP contribution in [0.1, 0.15) is 6.92 Å². The third-order valence-electron chi connectivity index (χ3n) is 2.93. The topological polar surface area (TPSA) is 82.0 Å². The van der Waals surface area contributed by atoms with E-state index in [1.54, 1.807) is 6.92 Å². The number of hydrogen-bond donors (Lipinski definition) is 4. The molecular formula is C12H17NO4. The molecule has 94 valence electrons. The Labute approximate surface area is 99.7 Å². The Morgan fingerprint density at radius 1 is 1.00 bits per heavy atom. The number of anilines is 1. The van der Waals surface area contributed by atoms with Crippen molar-refractivity contribution in [1.29, 1.82) is 0 Å². The predicted molar refractivity (Wildman–Crippen MR) is 62.4 cm³/mol. The summed E-state index contributed by atoms with van der Waals surface area (Å²) in [4.78, 5) is 0. The lowest BCUT2D eigenvalue weighted by Gasteiger charge is -2.39. The molecule has 1 aliphatic rings. The lowest BCUT2D eigenvalue weighted by molar-refractivity contribution is -0.209. The Morgan fingerprint density at radius 3 is 2.29 bits per heavy atom. The average molecular weight is 239 g/mol. The van der Waals surface area contributed by atoms with Crippen LogP contribution in [-0.4, -0.2) is 46.0 Å². The Balaban J connectivity index is 2.06. The molecule has 5 nitrogen and oxygen atoms in total. The zero-order chi connectivity index (χ0) is 12.4. The van der Waals surface area contributed by atoms with Gasteiger partial charge in [0.2, 0.25) is 0 Å². The van der Waals surface area contributed by atoms with E-state index in [0.717, 1.165) is 5.69 Å². The summed E-state index contributed by atoms with van der Waals surface area (Å²) in [7, 11) is 0. The summed E-state index contributed by atoms with van der Waals surface area (Å²) < 4.78 is 5.41. The first-order valence-electron chi connectivity index (χ1n) is 5.61. The fourth-order valence-electron chi connectivity index (χ4n) is 1.87. The lowest BCUT2D eigenvalue weighted by Crippen LogP contribution is -2.58. The lowest BCUT2D eigenvalue weighted by atomic mass is 9.99. The highest BCUT2D eigenvalue weighted by molar-refractivity contribution is 5.43. The van der Waals surface area contributed by atoms with Crippen molar-refractivity contribution in [3.05, 3.63) is 30.3 Å². The third kappa shape index (κ3) is 2.58. The number of hydrogen-bond acceptors (Lipinski definition) is 5. The largest absolute Gasteiger partial charge is 0.388 e. The molecule has 1 aromatic rings. The van der Waals surface area contributed by atoms with E-state index in [2.05, 4.69) is 5.32 Å². The van der Waals surface area contributed by atoms with Crippen molar-refractivity contribution in [3.63, 3.8) is 0 Å². The van der Waals surface area contributed by atoms with Gasteiger partial charge in [0.25, 0.3) is 0 Å². The highest BCUT2D eigenvalue weighted by atomic mass is 16.5. The van der Waals surface area contributed by atoms with Crippen molar-refractivity contribution in [1.82, 2.24) is 0 Å². The van der Waals surface area contributed by atoms with E-state index in [4.69, 9.17) is 4.74 Å². The van der Waals surface area contributed by atoms with Gasteiger partial charge in [-0.3, -0.25) is 0 Å². The van der Waals surface area contributed by atoms with Crippen LogP contribution in [-0.2, 0) is 4.74 Å². The van der Waals surface area contributed by atoms with Crippen LogP contribution < -0.4 is 5.32 Å². The Bertz CT molecular complexity index is 359. The summed E-state index contributed by atoms with van der Waals surface area (Å²) in [5.74, 6) is 0. The number of rotatable bonds is 2. The van der Waals surface area contributed by atoms with E-state index in [-0.39, 0.29) is 0 Å². The molecule has 1 aliphatic heterocycles. The van der Waals surface area contributed by atoms with Crippen molar-refractivity contribution in [2.24, 2.45) is 0 Å². The van der Waals surface area contributed by atoms with E-state index >= 15 is 0 Å². The molecule has 0 amide bonds. The molecule has 1 saturated heterocycles. The van der Waals surface area contributed by atoms with Crippen molar-refractivity contribution in [3.8, 4) is 0 Å². The Hall–Kier alpha value is -1.14. The van der Waals surface area contributed by atoms with Crippen molar-refractivity contribution in [2.45, 2.75) is 37.6 Å². The molecule has 1 aromatic carbocycles.